The second-order valence-corrected chi connectivity index (χ2v) is 4.53. The molecule has 0 spiro atoms. The van der Waals surface area contributed by atoms with E-state index in [4.69, 9.17) is 9.84 Å². The molecule has 6 atom stereocenters. The van der Waals surface area contributed by atoms with E-state index in [1.54, 1.807) is 13.8 Å². The first kappa shape index (κ1) is 13.8. The highest BCUT2D eigenvalue weighted by atomic mass is 16.5. The van der Waals surface area contributed by atoms with Gasteiger partial charge in [0.1, 0.15) is 30.5 Å². The lowest BCUT2D eigenvalue weighted by Crippen LogP contribution is -2.62. The molecule has 0 amide bonds. The smallest absolute Gasteiger partial charge is 0.115 e. The number of hydrogen-bond donors (Lipinski definition) is 5. The van der Waals surface area contributed by atoms with Gasteiger partial charge in [0.15, 0.2) is 0 Å². The summed E-state index contributed by atoms with van der Waals surface area (Å²) in [6.45, 7) is 3.01. The summed E-state index contributed by atoms with van der Waals surface area (Å²) >= 11 is 0. The number of rotatable bonds is 3. The van der Waals surface area contributed by atoms with Crippen molar-refractivity contribution in [3.05, 3.63) is 0 Å². The number of aliphatic hydroxyl groups excluding tert-OH is 5. The van der Waals surface area contributed by atoms with E-state index in [9.17, 15) is 20.4 Å². The Morgan fingerprint density at radius 3 is 1.94 bits per heavy atom. The van der Waals surface area contributed by atoms with Crippen molar-refractivity contribution in [1.82, 2.24) is 0 Å². The summed E-state index contributed by atoms with van der Waals surface area (Å²) in [5, 5.41) is 47.1. The number of ether oxygens (including phenoxy) is 1. The Balaban J connectivity index is 2.81. The van der Waals surface area contributed by atoms with E-state index in [2.05, 4.69) is 0 Å². The summed E-state index contributed by atoms with van der Waals surface area (Å²) < 4.78 is 5.33. The van der Waals surface area contributed by atoms with E-state index < -0.39 is 43.2 Å². The number of hydrogen-bond acceptors (Lipinski definition) is 6. The van der Waals surface area contributed by atoms with Crippen molar-refractivity contribution in [1.29, 1.82) is 0 Å². The average Bonchev–Trinajstić information content (AvgIpc) is 2.25. The molecule has 5 N–H and O–H groups in total. The molecule has 0 radical (unpaired) electrons. The molecule has 1 aliphatic rings. The Labute approximate surface area is 94.1 Å². The lowest BCUT2D eigenvalue weighted by molar-refractivity contribution is -0.254. The third-order valence-electron chi connectivity index (χ3n) is 2.91. The van der Waals surface area contributed by atoms with Crippen molar-refractivity contribution < 1.29 is 30.3 Å². The first-order valence-electron chi connectivity index (χ1n) is 5.38. The molecule has 6 heteroatoms. The monoisotopic (exact) mass is 236 g/mol. The highest BCUT2D eigenvalue weighted by Gasteiger charge is 2.46. The fourth-order valence-electron chi connectivity index (χ4n) is 1.91. The molecule has 0 aromatic heterocycles. The zero-order valence-corrected chi connectivity index (χ0v) is 9.39. The summed E-state index contributed by atoms with van der Waals surface area (Å²) in [5.74, 6) is -0.0782. The van der Waals surface area contributed by atoms with Crippen LogP contribution >= 0.6 is 0 Å². The predicted octanol–water partition coefficient (Wildman–Crippen LogP) is -2.15. The Kier molecular flexibility index (Phi) is 4.66. The molecule has 96 valence electrons. The minimum absolute atomic E-state index is 0.0782. The van der Waals surface area contributed by atoms with Crippen molar-refractivity contribution in [2.45, 2.75) is 50.5 Å². The van der Waals surface area contributed by atoms with E-state index >= 15 is 0 Å². The van der Waals surface area contributed by atoms with Gasteiger partial charge in [-0.05, 0) is 5.92 Å². The van der Waals surface area contributed by atoms with Crippen LogP contribution in [0.1, 0.15) is 13.8 Å². The third-order valence-corrected chi connectivity index (χ3v) is 2.91. The fraction of sp³-hybridized carbons (Fsp3) is 1.00. The molecule has 1 saturated heterocycles. The second-order valence-electron chi connectivity index (χ2n) is 4.53. The van der Waals surface area contributed by atoms with Crippen LogP contribution in [-0.4, -0.2) is 68.8 Å². The topological polar surface area (TPSA) is 110 Å². The van der Waals surface area contributed by atoms with E-state index in [1.807, 2.05) is 0 Å². The van der Waals surface area contributed by atoms with Crippen molar-refractivity contribution in [2.24, 2.45) is 5.92 Å². The Morgan fingerprint density at radius 2 is 1.50 bits per heavy atom. The van der Waals surface area contributed by atoms with Gasteiger partial charge in [0, 0.05) is 0 Å². The molecule has 5 unspecified atom stereocenters. The standard InChI is InChI=1S/C10H20O6/c1-4(2)9-7(14)6(13)8(15)10(16-9)5(12)3-11/h4-15H,3H2,1-2H3/t5-,6?,7?,8?,9?,10?/m1/s1. The van der Waals surface area contributed by atoms with E-state index in [0.717, 1.165) is 0 Å². The maximum atomic E-state index is 9.67. The molecule has 1 aliphatic heterocycles. The molecular weight excluding hydrogens is 216 g/mol. The van der Waals surface area contributed by atoms with Gasteiger partial charge in [0.25, 0.3) is 0 Å². The van der Waals surface area contributed by atoms with Crippen LogP contribution in [0.3, 0.4) is 0 Å². The molecule has 1 heterocycles. The molecule has 0 saturated carbocycles. The van der Waals surface area contributed by atoms with Crippen LogP contribution in [-0.2, 0) is 4.74 Å². The molecule has 6 nitrogen and oxygen atoms in total. The molecule has 16 heavy (non-hydrogen) atoms. The van der Waals surface area contributed by atoms with Crippen LogP contribution < -0.4 is 0 Å². The summed E-state index contributed by atoms with van der Waals surface area (Å²) in [6, 6.07) is 0. The molecule has 1 fully saturated rings. The van der Waals surface area contributed by atoms with Crippen LogP contribution in [0.25, 0.3) is 0 Å². The molecule has 0 bridgehead atoms. The van der Waals surface area contributed by atoms with E-state index in [0.29, 0.717) is 0 Å². The first-order chi connectivity index (χ1) is 7.40. The summed E-state index contributed by atoms with van der Waals surface area (Å²) in [5.41, 5.74) is 0. The largest absolute Gasteiger partial charge is 0.394 e. The van der Waals surface area contributed by atoms with Gasteiger partial charge in [-0.1, -0.05) is 13.8 Å². The van der Waals surface area contributed by atoms with Crippen LogP contribution in [0, 0.1) is 5.92 Å². The minimum Gasteiger partial charge on any atom is -0.394 e. The van der Waals surface area contributed by atoms with E-state index in [1.165, 1.54) is 0 Å². The van der Waals surface area contributed by atoms with Crippen LogP contribution in [0.5, 0.6) is 0 Å². The molecule has 0 aromatic carbocycles. The molecular formula is C10H20O6. The normalized spacial score (nSPS) is 42.4. The first-order valence-corrected chi connectivity index (χ1v) is 5.38. The average molecular weight is 236 g/mol. The highest BCUT2D eigenvalue weighted by Crippen LogP contribution is 2.27. The maximum absolute atomic E-state index is 9.67. The highest BCUT2D eigenvalue weighted by molar-refractivity contribution is 4.95. The van der Waals surface area contributed by atoms with Crippen molar-refractivity contribution in [3.63, 3.8) is 0 Å². The zero-order chi connectivity index (χ0) is 12.5. The minimum atomic E-state index is -1.41. The van der Waals surface area contributed by atoms with Crippen molar-refractivity contribution >= 4 is 0 Å². The van der Waals surface area contributed by atoms with Crippen LogP contribution in [0.4, 0.5) is 0 Å². The zero-order valence-electron chi connectivity index (χ0n) is 9.39. The van der Waals surface area contributed by atoms with Gasteiger partial charge in [0.05, 0.1) is 12.7 Å². The predicted molar refractivity (Wildman–Crippen MR) is 54.6 cm³/mol. The van der Waals surface area contributed by atoms with E-state index in [-0.39, 0.29) is 5.92 Å². The van der Waals surface area contributed by atoms with Gasteiger partial charge in [0.2, 0.25) is 0 Å². The quantitative estimate of drug-likeness (QED) is 0.382. The molecule has 0 aromatic rings. The summed E-state index contributed by atoms with van der Waals surface area (Å²) in [6.07, 6.45) is -7.03. The van der Waals surface area contributed by atoms with Gasteiger partial charge in [-0.3, -0.25) is 0 Å². The Morgan fingerprint density at radius 1 is 1.00 bits per heavy atom. The van der Waals surface area contributed by atoms with Crippen molar-refractivity contribution in [3.8, 4) is 0 Å². The number of aliphatic hydroxyl groups is 5. The van der Waals surface area contributed by atoms with Crippen LogP contribution in [0.2, 0.25) is 0 Å². The summed E-state index contributed by atoms with van der Waals surface area (Å²) in [4.78, 5) is 0. The van der Waals surface area contributed by atoms with Crippen molar-refractivity contribution in [2.75, 3.05) is 6.61 Å². The molecule has 0 aliphatic carbocycles. The summed E-state index contributed by atoms with van der Waals surface area (Å²) in [7, 11) is 0. The van der Waals surface area contributed by atoms with Gasteiger partial charge in [-0.2, -0.15) is 0 Å². The SMILES string of the molecule is CC(C)C1OC([C@H](O)CO)C(O)C(O)C1O. The Bertz CT molecular complexity index is 221. The fourth-order valence-corrected chi connectivity index (χ4v) is 1.91. The van der Waals surface area contributed by atoms with Gasteiger partial charge >= 0.3 is 0 Å². The van der Waals surface area contributed by atoms with Gasteiger partial charge in [-0.15, -0.1) is 0 Å². The third kappa shape index (κ3) is 2.53. The Hall–Kier alpha value is -0.240. The maximum Gasteiger partial charge on any atom is 0.115 e. The second kappa shape index (κ2) is 5.39. The molecule has 1 rings (SSSR count). The van der Waals surface area contributed by atoms with Crippen LogP contribution in [0.15, 0.2) is 0 Å². The van der Waals surface area contributed by atoms with Gasteiger partial charge < -0.3 is 30.3 Å². The van der Waals surface area contributed by atoms with Gasteiger partial charge in [-0.25, -0.2) is 0 Å². The lowest BCUT2D eigenvalue weighted by atomic mass is 9.88. The lowest BCUT2D eigenvalue weighted by Gasteiger charge is -2.43.